The second kappa shape index (κ2) is 10.3. The molecule has 218 valence electrons. The second-order valence-electron chi connectivity index (χ2n) is 10.5. The number of methoxy groups -OCH3 is 1. The maximum Gasteiger partial charge on any atom is 0.510 e. The molecule has 1 aromatic heterocycles. The van der Waals surface area contributed by atoms with E-state index in [1.54, 1.807) is 16.7 Å². The van der Waals surface area contributed by atoms with Crippen LogP contribution in [0.5, 0.6) is 5.75 Å². The molecule has 5 heterocycles. The number of pyridine rings is 1. The number of halogens is 1. The van der Waals surface area contributed by atoms with Crippen LogP contribution in [-0.4, -0.2) is 73.7 Å². The molecule has 4 aliphatic rings. The van der Waals surface area contributed by atoms with Crippen LogP contribution < -0.4 is 15.6 Å². The highest BCUT2D eigenvalue weighted by molar-refractivity contribution is 7.98. The molecular weight excluding hydrogens is 569 g/mol. The second-order valence-corrected chi connectivity index (χ2v) is 11.5. The predicted octanol–water partition coefficient (Wildman–Crippen LogP) is 3.09. The molecule has 1 amide bonds. The molecule has 0 saturated carbocycles. The molecule has 7 rings (SSSR count). The van der Waals surface area contributed by atoms with Crippen LogP contribution in [0.2, 0.25) is 0 Å². The average molecular weight is 596 g/mol. The lowest BCUT2D eigenvalue weighted by Gasteiger charge is -2.52. The van der Waals surface area contributed by atoms with Crippen LogP contribution in [0.25, 0.3) is 11.3 Å². The van der Waals surface area contributed by atoms with Crippen LogP contribution in [0.4, 0.5) is 9.18 Å². The lowest BCUT2D eigenvalue weighted by Crippen LogP contribution is -2.70. The third-order valence-electron chi connectivity index (χ3n) is 7.88. The number of ether oxygens (including phenoxy) is 5. The van der Waals surface area contributed by atoms with Crippen LogP contribution in [0.1, 0.15) is 27.2 Å². The summed E-state index contributed by atoms with van der Waals surface area (Å²) in [6, 6.07) is 12.2. The SMILES string of the molecule is COC(=O)OCOc1c2n(c(-c3cc(F)cc4c3Cc3ccccc3SC4)cc1=O)N[C@@H]1COC3(COC3)CN1C2=O. The van der Waals surface area contributed by atoms with Gasteiger partial charge in [-0.15, -0.1) is 11.8 Å². The predicted molar refractivity (Wildman–Crippen MR) is 148 cm³/mol. The van der Waals surface area contributed by atoms with Gasteiger partial charge in [0.05, 0.1) is 39.2 Å². The van der Waals surface area contributed by atoms with E-state index in [9.17, 15) is 14.4 Å². The third kappa shape index (κ3) is 4.48. The van der Waals surface area contributed by atoms with E-state index >= 15 is 4.39 Å². The fourth-order valence-electron chi connectivity index (χ4n) is 5.77. The fourth-order valence-corrected chi connectivity index (χ4v) is 6.84. The van der Waals surface area contributed by atoms with Crippen molar-refractivity contribution in [2.75, 3.05) is 45.7 Å². The molecule has 0 unspecified atom stereocenters. The van der Waals surface area contributed by atoms with Gasteiger partial charge in [-0.2, -0.15) is 0 Å². The van der Waals surface area contributed by atoms with Gasteiger partial charge in [0, 0.05) is 22.3 Å². The molecular formula is C29H26FN3O8S. The normalized spacial score (nSPS) is 19.7. The summed E-state index contributed by atoms with van der Waals surface area (Å²) in [6.45, 7) is 0.453. The van der Waals surface area contributed by atoms with Gasteiger partial charge >= 0.3 is 6.16 Å². The van der Waals surface area contributed by atoms with E-state index in [2.05, 4.69) is 10.2 Å². The summed E-state index contributed by atoms with van der Waals surface area (Å²) in [5, 5.41) is 0. The summed E-state index contributed by atoms with van der Waals surface area (Å²) in [7, 11) is 1.14. The Balaban J connectivity index is 1.38. The molecule has 13 heteroatoms. The number of morpholine rings is 1. The summed E-state index contributed by atoms with van der Waals surface area (Å²) < 4.78 is 42.9. The number of hydrogen-bond donors (Lipinski definition) is 1. The van der Waals surface area contributed by atoms with Crippen molar-refractivity contribution in [1.29, 1.82) is 0 Å². The Hall–Kier alpha value is -4.07. The van der Waals surface area contributed by atoms with Crippen LogP contribution in [-0.2, 0) is 31.1 Å². The number of nitrogens with one attached hydrogen (secondary N) is 1. The molecule has 11 nitrogen and oxygen atoms in total. The van der Waals surface area contributed by atoms with Gasteiger partial charge in [0.1, 0.15) is 17.6 Å². The Bertz CT molecular complexity index is 1670. The highest BCUT2D eigenvalue weighted by atomic mass is 32.2. The minimum Gasteiger partial charge on any atom is -0.451 e. The Morgan fingerprint density at radius 1 is 1.19 bits per heavy atom. The Morgan fingerprint density at radius 3 is 2.81 bits per heavy atom. The Labute approximate surface area is 243 Å². The van der Waals surface area contributed by atoms with E-state index in [4.69, 9.17) is 18.9 Å². The molecule has 3 aromatic rings. The zero-order chi connectivity index (χ0) is 29.0. The van der Waals surface area contributed by atoms with Crippen LogP contribution >= 0.6 is 11.8 Å². The Morgan fingerprint density at radius 2 is 2.02 bits per heavy atom. The average Bonchev–Trinajstić information content (AvgIpc) is 3.16. The van der Waals surface area contributed by atoms with Crippen molar-refractivity contribution in [3.8, 4) is 17.0 Å². The first kappa shape index (κ1) is 26.8. The molecule has 42 heavy (non-hydrogen) atoms. The highest BCUT2D eigenvalue weighted by Gasteiger charge is 2.50. The van der Waals surface area contributed by atoms with E-state index < -0.39 is 41.9 Å². The smallest absolute Gasteiger partial charge is 0.451 e. The minimum absolute atomic E-state index is 0.0964. The zero-order valence-electron chi connectivity index (χ0n) is 22.5. The fraction of sp³-hybridized carbons (Fsp3) is 0.345. The molecule has 1 N–H and O–H groups in total. The molecule has 0 radical (unpaired) electrons. The van der Waals surface area contributed by atoms with Crippen molar-refractivity contribution in [2.45, 2.75) is 28.8 Å². The summed E-state index contributed by atoms with van der Waals surface area (Å²) in [4.78, 5) is 41.9. The molecule has 4 aliphatic heterocycles. The maximum absolute atomic E-state index is 15.2. The van der Waals surface area contributed by atoms with Crippen LogP contribution in [0.3, 0.4) is 0 Å². The number of rotatable bonds is 4. The summed E-state index contributed by atoms with van der Waals surface area (Å²) in [5.74, 6) is -0.710. The van der Waals surface area contributed by atoms with Crippen molar-refractivity contribution >= 4 is 23.8 Å². The number of carbonyl (C=O) groups excluding carboxylic acids is 2. The van der Waals surface area contributed by atoms with Crippen molar-refractivity contribution < 1.29 is 37.7 Å². The molecule has 2 saturated heterocycles. The number of nitrogens with zero attached hydrogens (tertiary/aromatic N) is 2. The minimum atomic E-state index is -1.01. The summed E-state index contributed by atoms with van der Waals surface area (Å²) in [6.07, 6.45) is -1.07. The monoisotopic (exact) mass is 595 g/mol. The topological polar surface area (TPSA) is 118 Å². The van der Waals surface area contributed by atoms with Crippen molar-refractivity contribution in [3.05, 3.63) is 80.9 Å². The first-order chi connectivity index (χ1) is 20.4. The molecule has 0 aliphatic carbocycles. The molecule has 0 bridgehead atoms. The number of fused-ring (bicyclic) bond motifs is 4. The number of amides is 1. The van der Waals surface area contributed by atoms with Gasteiger partial charge in [0.25, 0.3) is 5.91 Å². The third-order valence-corrected chi connectivity index (χ3v) is 9.04. The van der Waals surface area contributed by atoms with Crippen molar-refractivity contribution in [2.24, 2.45) is 0 Å². The van der Waals surface area contributed by atoms with Gasteiger partial charge in [-0.1, -0.05) is 18.2 Å². The van der Waals surface area contributed by atoms with E-state index in [1.165, 1.54) is 22.9 Å². The molecule has 1 atom stereocenters. The van der Waals surface area contributed by atoms with E-state index in [0.29, 0.717) is 36.6 Å². The van der Waals surface area contributed by atoms with Crippen molar-refractivity contribution in [3.63, 3.8) is 0 Å². The van der Waals surface area contributed by atoms with E-state index in [1.807, 2.05) is 24.3 Å². The summed E-state index contributed by atoms with van der Waals surface area (Å²) in [5.41, 5.74) is 5.48. The molecule has 1 spiro atoms. The van der Waals surface area contributed by atoms with Gasteiger partial charge in [-0.3, -0.25) is 9.59 Å². The highest BCUT2D eigenvalue weighted by Crippen LogP contribution is 2.40. The van der Waals surface area contributed by atoms with Gasteiger partial charge in [-0.25, -0.2) is 13.9 Å². The van der Waals surface area contributed by atoms with Gasteiger partial charge in [0.2, 0.25) is 18.0 Å². The number of aromatic nitrogens is 1. The number of hydrogen-bond acceptors (Lipinski definition) is 10. The van der Waals surface area contributed by atoms with Crippen molar-refractivity contribution in [1.82, 2.24) is 9.58 Å². The van der Waals surface area contributed by atoms with Crippen LogP contribution in [0.15, 0.2) is 52.2 Å². The van der Waals surface area contributed by atoms with Gasteiger partial charge < -0.3 is 34.0 Å². The summed E-state index contributed by atoms with van der Waals surface area (Å²) >= 11 is 1.63. The molecule has 2 fully saturated rings. The quantitative estimate of drug-likeness (QED) is 0.356. The Kier molecular flexibility index (Phi) is 6.59. The van der Waals surface area contributed by atoms with E-state index in [0.717, 1.165) is 28.7 Å². The standard InChI is InChI=1S/C29H26FN3O8S/c1-37-28(36)40-15-39-26-22(34)9-21(33-25(26)27(35)32-12-29(13-38-14-29)41-10-24(32)31-33)20-8-18(30)6-17-11-42-23-5-3-2-4-16(23)7-19(17)20/h2-6,8-9,24,31H,7,10-15H2,1H3/t24-/m0/s1. The number of benzene rings is 2. The zero-order valence-corrected chi connectivity index (χ0v) is 23.3. The van der Waals surface area contributed by atoms with E-state index in [-0.39, 0.29) is 24.6 Å². The maximum atomic E-state index is 15.2. The lowest BCUT2D eigenvalue weighted by atomic mass is 9.92. The van der Waals surface area contributed by atoms with Gasteiger partial charge in [0.15, 0.2) is 5.69 Å². The number of thioether (sulfide) groups is 1. The van der Waals surface area contributed by atoms with Crippen LogP contribution in [0, 0.1) is 5.82 Å². The molecule has 2 aromatic carbocycles. The first-order valence-electron chi connectivity index (χ1n) is 13.3. The number of carbonyl (C=O) groups is 2. The van der Waals surface area contributed by atoms with Gasteiger partial charge in [-0.05, 0) is 41.3 Å². The largest absolute Gasteiger partial charge is 0.510 e. The first-order valence-corrected chi connectivity index (χ1v) is 14.3. The lowest BCUT2D eigenvalue weighted by molar-refractivity contribution is -0.241.